The van der Waals surface area contributed by atoms with E-state index in [1.165, 1.54) is 11.3 Å². The van der Waals surface area contributed by atoms with Crippen molar-refractivity contribution < 1.29 is 23.1 Å². The molecule has 0 atom stereocenters. The van der Waals surface area contributed by atoms with Gasteiger partial charge in [-0.25, -0.2) is 18.6 Å². The second-order valence-corrected chi connectivity index (χ2v) is 7.00. The van der Waals surface area contributed by atoms with Crippen molar-refractivity contribution in [3.63, 3.8) is 0 Å². The zero-order chi connectivity index (χ0) is 20.1. The van der Waals surface area contributed by atoms with Crippen LogP contribution in [0, 0.1) is 18.6 Å². The van der Waals surface area contributed by atoms with E-state index >= 15 is 0 Å². The van der Waals surface area contributed by atoms with Gasteiger partial charge in [0.1, 0.15) is 23.2 Å². The molecule has 1 N–H and O–H groups in total. The topological polar surface area (TPSA) is 68.3 Å². The van der Waals surface area contributed by atoms with Gasteiger partial charge in [0.25, 0.3) is 0 Å². The van der Waals surface area contributed by atoms with Crippen LogP contribution in [0.3, 0.4) is 0 Å². The first-order chi connectivity index (χ1) is 13.4. The molecule has 2 aromatic carbocycles. The van der Waals surface area contributed by atoms with Crippen LogP contribution >= 0.6 is 11.3 Å². The maximum Gasteiger partial charge on any atom is 0.338 e. The molecule has 5 nitrogen and oxygen atoms in total. The summed E-state index contributed by atoms with van der Waals surface area (Å²) < 4.78 is 31.3. The van der Waals surface area contributed by atoms with Gasteiger partial charge in [0.2, 0.25) is 5.91 Å². The lowest BCUT2D eigenvalue weighted by atomic mass is 10.2. The number of carbonyl (C=O) groups is 2. The van der Waals surface area contributed by atoms with E-state index in [0.717, 1.165) is 17.7 Å². The molecule has 1 aromatic heterocycles. The lowest BCUT2D eigenvalue weighted by Crippen LogP contribution is -2.14. The van der Waals surface area contributed by atoms with Crippen LogP contribution in [0.5, 0.6) is 0 Å². The fourth-order valence-electron chi connectivity index (χ4n) is 2.37. The SMILES string of the molecule is Cc1ccc(NC(=O)Cc2nc(COC(=O)c3cc(F)cc(F)c3)cs2)cc1. The van der Waals surface area contributed by atoms with Crippen LogP contribution in [0.25, 0.3) is 0 Å². The third kappa shape index (κ3) is 5.43. The van der Waals surface area contributed by atoms with Crippen molar-refractivity contribution >= 4 is 28.9 Å². The van der Waals surface area contributed by atoms with Crippen LogP contribution in [-0.2, 0) is 22.6 Å². The van der Waals surface area contributed by atoms with Gasteiger partial charge in [-0.1, -0.05) is 17.7 Å². The molecule has 28 heavy (non-hydrogen) atoms. The summed E-state index contributed by atoms with van der Waals surface area (Å²) in [5.74, 6) is -2.79. The summed E-state index contributed by atoms with van der Waals surface area (Å²) in [6.07, 6.45) is 0.0849. The number of thiazole rings is 1. The number of aromatic nitrogens is 1. The number of ether oxygens (including phenoxy) is 1. The minimum Gasteiger partial charge on any atom is -0.456 e. The van der Waals surface area contributed by atoms with Gasteiger partial charge in [-0.3, -0.25) is 4.79 Å². The third-order valence-electron chi connectivity index (χ3n) is 3.70. The van der Waals surface area contributed by atoms with Crippen molar-refractivity contribution in [3.8, 4) is 0 Å². The Morgan fingerprint density at radius 2 is 1.79 bits per heavy atom. The van der Waals surface area contributed by atoms with Crippen molar-refractivity contribution in [2.24, 2.45) is 0 Å². The molecule has 0 saturated carbocycles. The number of esters is 1. The Morgan fingerprint density at radius 1 is 1.11 bits per heavy atom. The van der Waals surface area contributed by atoms with Crippen molar-refractivity contribution in [3.05, 3.63) is 81.3 Å². The predicted molar refractivity (Wildman–Crippen MR) is 101 cm³/mol. The molecular weight excluding hydrogens is 386 g/mol. The first-order valence-electron chi connectivity index (χ1n) is 8.32. The average Bonchev–Trinajstić information content (AvgIpc) is 3.08. The number of carbonyl (C=O) groups excluding carboxylic acids is 2. The molecule has 3 rings (SSSR count). The summed E-state index contributed by atoms with van der Waals surface area (Å²) in [5, 5.41) is 5.00. The second-order valence-electron chi connectivity index (χ2n) is 6.06. The fourth-order valence-corrected chi connectivity index (χ4v) is 3.15. The monoisotopic (exact) mass is 402 g/mol. The lowest BCUT2D eigenvalue weighted by Gasteiger charge is -2.04. The molecule has 3 aromatic rings. The van der Waals surface area contributed by atoms with E-state index in [1.54, 1.807) is 5.38 Å². The molecule has 0 bridgehead atoms. The highest BCUT2D eigenvalue weighted by Gasteiger charge is 2.13. The Morgan fingerprint density at radius 3 is 2.46 bits per heavy atom. The number of benzene rings is 2. The van der Waals surface area contributed by atoms with E-state index in [2.05, 4.69) is 10.3 Å². The second kappa shape index (κ2) is 8.71. The molecule has 0 radical (unpaired) electrons. The Balaban J connectivity index is 1.53. The molecule has 1 heterocycles. The van der Waals surface area contributed by atoms with Crippen molar-refractivity contribution in [2.45, 2.75) is 20.0 Å². The van der Waals surface area contributed by atoms with Gasteiger partial charge in [-0.05, 0) is 31.2 Å². The number of nitrogens with zero attached hydrogens (tertiary/aromatic N) is 1. The van der Waals surface area contributed by atoms with Gasteiger partial charge in [-0.2, -0.15) is 0 Å². The third-order valence-corrected chi connectivity index (χ3v) is 4.59. The van der Waals surface area contributed by atoms with Gasteiger partial charge < -0.3 is 10.1 Å². The van der Waals surface area contributed by atoms with E-state index in [-0.39, 0.29) is 24.5 Å². The number of hydrogen-bond acceptors (Lipinski definition) is 5. The Kier molecular flexibility index (Phi) is 6.10. The largest absolute Gasteiger partial charge is 0.456 e. The molecule has 0 aliphatic heterocycles. The van der Waals surface area contributed by atoms with Crippen LogP contribution in [0.4, 0.5) is 14.5 Å². The van der Waals surface area contributed by atoms with Gasteiger partial charge in [0.05, 0.1) is 17.7 Å². The fraction of sp³-hybridized carbons (Fsp3) is 0.150. The van der Waals surface area contributed by atoms with Crippen LogP contribution in [-0.4, -0.2) is 16.9 Å². The number of hydrogen-bond donors (Lipinski definition) is 1. The number of aryl methyl sites for hydroxylation is 1. The summed E-state index contributed by atoms with van der Waals surface area (Å²) in [7, 11) is 0. The maximum atomic E-state index is 13.2. The van der Waals surface area contributed by atoms with E-state index in [1.807, 2.05) is 31.2 Å². The molecule has 0 unspecified atom stereocenters. The number of amides is 1. The highest BCUT2D eigenvalue weighted by molar-refractivity contribution is 7.09. The van der Waals surface area contributed by atoms with Gasteiger partial charge in [0.15, 0.2) is 0 Å². The van der Waals surface area contributed by atoms with E-state index < -0.39 is 17.6 Å². The van der Waals surface area contributed by atoms with Gasteiger partial charge >= 0.3 is 5.97 Å². The Hall–Kier alpha value is -3.13. The Bertz CT molecular complexity index is 983. The number of halogens is 2. The summed E-state index contributed by atoms with van der Waals surface area (Å²) in [4.78, 5) is 28.2. The van der Waals surface area contributed by atoms with E-state index in [4.69, 9.17) is 4.74 Å². The van der Waals surface area contributed by atoms with E-state index in [0.29, 0.717) is 22.5 Å². The molecule has 0 aliphatic rings. The summed E-state index contributed by atoms with van der Waals surface area (Å²) >= 11 is 1.26. The van der Waals surface area contributed by atoms with Crippen LogP contribution in [0.1, 0.15) is 26.6 Å². The normalized spacial score (nSPS) is 10.5. The molecule has 0 aliphatic carbocycles. The number of anilines is 1. The lowest BCUT2D eigenvalue weighted by molar-refractivity contribution is -0.115. The van der Waals surface area contributed by atoms with Crippen LogP contribution < -0.4 is 5.32 Å². The molecular formula is C20H16F2N2O3S. The minimum absolute atomic E-state index is 0.0849. The average molecular weight is 402 g/mol. The maximum absolute atomic E-state index is 13.2. The van der Waals surface area contributed by atoms with Crippen molar-refractivity contribution in [2.75, 3.05) is 5.32 Å². The van der Waals surface area contributed by atoms with Crippen molar-refractivity contribution in [1.29, 1.82) is 0 Å². The van der Waals surface area contributed by atoms with Gasteiger partial charge in [0, 0.05) is 17.1 Å². The summed E-state index contributed by atoms with van der Waals surface area (Å²) in [6.45, 7) is 1.80. The molecule has 0 saturated heterocycles. The first kappa shape index (κ1) is 19.6. The summed E-state index contributed by atoms with van der Waals surface area (Å²) in [6, 6.07) is 9.89. The van der Waals surface area contributed by atoms with Crippen LogP contribution in [0.2, 0.25) is 0 Å². The summed E-state index contributed by atoms with van der Waals surface area (Å²) in [5.41, 5.74) is 2.03. The standard InChI is InChI=1S/C20H16F2N2O3S/c1-12-2-4-16(5-3-12)23-18(25)9-19-24-17(11-28-19)10-27-20(26)13-6-14(21)8-15(22)7-13/h2-8,11H,9-10H2,1H3,(H,23,25). The predicted octanol–water partition coefficient (Wildman–Crippen LogP) is 4.27. The minimum atomic E-state index is -0.859. The van der Waals surface area contributed by atoms with E-state index in [9.17, 15) is 18.4 Å². The molecule has 8 heteroatoms. The molecule has 144 valence electrons. The zero-order valence-electron chi connectivity index (χ0n) is 14.9. The number of rotatable bonds is 6. The molecule has 1 amide bonds. The molecule has 0 spiro atoms. The highest BCUT2D eigenvalue weighted by atomic mass is 32.1. The zero-order valence-corrected chi connectivity index (χ0v) is 15.7. The van der Waals surface area contributed by atoms with Gasteiger partial charge in [-0.15, -0.1) is 11.3 Å². The Labute approximate surface area is 164 Å². The first-order valence-corrected chi connectivity index (χ1v) is 9.20. The molecule has 0 fully saturated rings. The quantitative estimate of drug-likeness (QED) is 0.626. The highest BCUT2D eigenvalue weighted by Crippen LogP contribution is 2.15. The smallest absolute Gasteiger partial charge is 0.338 e. The van der Waals surface area contributed by atoms with Crippen LogP contribution in [0.15, 0.2) is 47.8 Å². The van der Waals surface area contributed by atoms with Crippen molar-refractivity contribution in [1.82, 2.24) is 4.98 Å². The number of nitrogens with one attached hydrogen (secondary N) is 1.